The number of nitrogens with one attached hydrogen (secondary N) is 2. The van der Waals surface area contributed by atoms with Gasteiger partial charge in [-0.15, -0.1) is 0 Å². The normalized spacial score (nSPS) is 18.4. The molecule has 28 heavy (non-hydrogen) atoms. The van der Waals surface area contributed by atoms with Crippen molar-refractivity contribution in [2.24, 2.45) is 0 Å². The Balaban J connectivity index is 2.38. The maximum absolute atomic E-state index is 8.22. The number of pyridine rings is 1. The molecule has 2 atom stereocenters. The van der Waals surface area contributed by atoms with Crippen molar-refractivity contribution in [3.8, 4) is 0 Å². The summed E-state index contributed by atoms with van der Waals surface area (Å²) in [6.45, 7) is 10.6. The second kappa shape index (κ2) is 11.4. The van der Waals surface area contributed by atoms with Gasteiger partial charge in [-0.3, -0.25) is 0 Å². The number of nitrogens with zero attached hydrogens (tertiary/aromatic N) is 1. The molecule has 1 unspecified atom stereocenters. The third-order valence-corrected chi connectivity index (χ3v) is 5.12. The van der Waals surface area contributed by atoms with Gasteiger partial charge in [0.1, 0.15) is 10.3 Å². The number of hydrogen-bond donors (Lipinski definition) is 2. The highest BCUT2D eigenvalue weighted by molar-refractivity contribution is 9.10. The summed E-state index contributed by atoms with van der Waals surface area (Å²) in [7, 11) is 0. The lowest BCUT2D eigenvalue weighted by Crippen LogP contribution is -2.19. The first-order valence-corrected chi connectivity index (χ1v) is 10.9. The molecule has 5 nitrogen and oxygen atoms in total. The maximum Gasteiger partial charge on any atom is 0.191 e. The minimum atomic E-state index is -0.0175. The summed E-state index contributed by atoms with van der Waals surface area (Å²) in [5, 5.41) is 11.6. The minimum absolute atomic E-state index is 0.0175. The van der Waals surface area contributed by atoms with Gasteiger partial charge in [-0.25, -0.2) is 4.98 Å². The molecule has 1 saturated heterocycles. The Hall–Kier alpha value is -1.66. The van der Waals surface area contributed by atoms with Crippen molar-refractivity contribution in [1.82, 2.24) is 4.98 Å². The lowest BCUT2D eigenvalue weighted by molar-refractivity contribution is 0.0152. The number of ether oxygens (including phenoxy) is 2. The molecule has 0 radical (unpaired) electrons. The van der Waals surface area contributed by atoms with E-state index in [1.807, 2.05) is 12.1 Å². The van der Waals surface area contributed by atoms with Crippen molar-refractivity contribution in [3.63, 3.8) is 0 Å². The van der Waals surface area contributed by atoms with Gasteiger partial charge in [-0.2, -0.15) is 0 Å². The van der Waals surface area contributed by atoms with Gasteiger partial charge in [0.25, 0.3) is 0 Å². The van der Waals surface area contributed by atoms with Gasteiger partial charge in [0, 0.05) is 12.2 Å². The molecule has 0 bridgehead atoms. The average molecular weight is 450 g/mol. The van der Waals surface area contributed by atoms with Crippen LogP contribution in [0.4, 0.5) is 5.69 Å². The molecule has 0 amide bonds. The molecular formula is C22H32BrN3O2. The molecule has 1 aromatic rings. The van der Waals surface area contributed by atoms with Crippen LogP contribution in [0.2, 0.25) is 0 Å². The van der Waals surface area contributed by atoms with E-state index in [0.29, 0.717) is 21.9 Å². The van der Waals surface area contributed by atoms with E-state index in [9.17, 15) is 0 Å². The molecule has 0 spiro atoms. The van der Waals surface area contributed by atoms with Crippen LogP contribution in [-0.4, -0.2) is 23.4 Å². The standard InChI is InChI=1S/C22H32BrN3O2/c1-5-7-11-15(3)28-20(10-6-2)26-22-17(18-12-8-9-13-27-18)14-19(23)25-21(22)16(4)24/h6,10,14-15,18,24,26H,2,5,7-9,11-13H2,1,3-4H3/b20-10-,24-16?/t15-,18?/m0/s1. The SMILES string of the molecule is C=C/C=C(/Nc1c(C2CCCCO2)cc(Br)nc1C(C)=N)O[C@@H](C)CCCC. The van der Waals surface area contributed by atoms with Crippen LogP contribution in [0.25, 0.3) is 0 Å². The average Bonchev–Trinajstić information content (AvgIpc) is 2.68. The van der Waals surface area contributed by atoms with E-state index in [1.165, 1.54) is 0 Å². The molecule has 6 heteroatoms. The first kappa shape index (κ1) is 22.6. The van der Waals surface area contributed by atoms with E-state index >= 15 is 0 Å². The number of allylic oxidation sites excluding steroid dienone is 2. The van der Waals surface area contributed by atoms with Crippen LogP contribution in [0, 0.1) is 5.41 Å². The zero-order chi connectivity index (χ0) is 20.5. The summed E-state index contributed by atoms with van der Waals surface area (Å²) < 4.78 is 12.9. The summed E-state index contributed by atoms with van der Waals surface area (Å²) in [5.41, 5.74) is 2.76. The number of aromatic nitrogens is 1. The fourth-order valence-electron chi connectivity index (χ4n) is 3.28. The number of hydrogen-bond acceptors (Lipinski definition) is 5. The Kier molecular flexibility index (Phi) is 9.19. The first-order chi connectivity index (χ1) is 13.5. The van der Waals surface area contributed by atoms with Crippen LogP contribution in [-0.2, 0) is 9.47 Å². The van der Waals surface area contributed by atoms with Gasteiger partial charge < -0.3 is 20.2 Å². The second-order valence-electron chi connectivity index (χ2n) is 7.20. The fraction of sp³-hybridized carbons (Fsp3) is 0.545. The van der Waals surface area contributed by atoms with E-state index in [-0.39, 0.29) is 12.2 Å². The van der Waals surface area contributed by atoms with Crippen molar-refractivity contribution in [3.05, 3.63) is 46.5 Å². The second-order valence-corrected chi connectivity index (χ2v) is 8.01. The summed E-state index contributed by atoms with van der Waals surface area (Å²) in [6.07, 6.45) is 10.00. The molecule has 1 aromatic heterocycles. The summed E-state index contributed by atoms with van der Waals surface area (Å²) in [6, 6.07) is 1.98. The molecule has 1 aliphatic rings. The predicted octanol–water partition coefficient (Wildman–Crippen LogP) is 6.51. The van der Waals surface area contributed by atoms with E-state index < -0.39 is 0 Å². The van der Waals surface area contributed by atoms with Crippen LogP contribution in [0.1, 0.15) is 76.7 Å². The highest BCUT2D eigenvalue weighted by atomic mass is 79.9. The first-order valence-electron chi connectivity index (χ1n) is 10.1. The van der Waals surface area contributed by atoms with E-state index in [1.54, 1.807) is 13.0 Å². The maximum atomic E-state index is 8.22. The van der Waals surface area contributed by atoms with Crippen molar-refractivity contribution in [1.29, 1.82) is 5.41 Å². The largest absolute Gasteiger partial charge is 0.476 e. The van der Waals surface area contributed by atoms with E-state index in [2.05, 4.69) is 46.7 Å². The highest BCUT2D eigenvalue weighted by Crippen LogP contribution is 2.36. The third kappa shape index (κ3) is 6.45. The van der Waals surface area contributed by atoms with Gasteiger partial charge in [0.2, 0.25) is 0 Å². The number of halogens is 1. The highest BCUT2D eigenvalue weighted by Gasteiger charge is 2.24. The van der Waals surface area contributed by atoms with Gasteiger partial charge in [-0.05, 0) is 67.6 Å². The Labute approximate surface area is 177 Å². The minimum Gasteiger partial charge on any atom is -0.476 e. The summed E-state index contributed by atoms with van der Waals surface area (Å²) in [4.78, 5) is 4.54. The van der Waals surface area contributed by atoms with Crippen molar-refractivity contribution >= 4 is 27.3 Å². The van der Waals surface area contributed by atoms with Gasteiger partial charge in [0.15, 0.2) is 5.88 Å². The summed E-state index contributed by atoms with van der Waals surface area (Å²) in [5.74, 6) is 0.613. The van der Waals surface area contributed by atoms with Crippen LogP contribution in [0.5, 0.6) is 0 Å². The fourth-order valence-corrected chi connectivity index (χ4v) is 3.71. The molecular weight excluding hydrogens is 418 g/mol. The predicted molar refractivity (Wildman–Crippen MR) is 119 cm³/mol. The number of unbranched alkanes of at least 4 members (excludes halogenated alkanes) is 1. The van der Waals surface area contributed by atoms with Crippen LogP contribution in [0.15, 0.2) is 35.3 Å². The molecule has 0 aromatic carbocycles. The Morgan fingerprint density at radius 2 is 2.32 bits per heavy atom. The molecule has 2 heterocycles. The monoisotopic (exact) mass is 449 g/mol. The van der Waals surface area contributed by atoms with Gasteiger partial charge in [-0.1, -0.05) is 32.4 Å². The van der Waals surface area contributed by atoms with Crippen LogP contribution >= 0.6 is 15.9 Å². The van der Waals surface area contributed by atoms with Gasteiger partial charge >= 0.3 is 0 Å². The zero-order valence-electron chi connectivity index (χ0n) is 17.2. The Morgan fingerprint density at radius 3 is 2.93 bits per heavy atom. The van der Waals surface area contributed by atoms with Crippen molar-refractivity contribution in [2.75, 3.05) is 11.9 Å². The Bertz CT molecular complexity index is 712. The number of anilines is 1. The third-order valence-electron chi connectivity index (χ3n) is 4.71. The van der Waals surface area contributed by atoms with Gasteiger partial charge in [0.05, 0.1) is 23.6 Å². The smallest absolute Gasteiger partial charge is 0.191 e. The zero-order valence-corrected chi connectivity index (χ0v) is 18.8. The lowest BCUT2D eigenvalue weighted by atomic mass is 9.98. The topological polar surface area (TPSA) is 67.2 Å². The van der Waals surface area contributed by atoms with E-state index in [4.69, 9.17) is 14.9 Å². The number of rotatable bonds is 10. The molecule has 1 aliphatic heterocycles. The quantitative estimate of drug-likeness (QED) is 0.185. The molecule has 0 aliphatic carbocycles. The molecule has 2 N–H and O–H groups in total. The Morgan fingerprint density at radius 1 is 1.54 bits per heavy atom. The van der Waals surface area contributed by atoms with E-state index in [0.717, 1.165) is 56.4 Å². The van der Waals surface area contributed by atoms with Crippen molar-refractivity contribution < 1.29 is 9.47 Å². The molecule has 2 rings (SSSR count). The van der Waals surface area contributed by atoms with Crippen LogP contribution < -0.4 is 5.32 Å². The molecule has 1 fully saturated rings. The van der Waals surface area contributed by atoms with Crippen LogP contribution in [0.3, 0.4) is 0 Å². The molecule has 0 saturated carbocycles. The summed E-state index contributed by atoms with van der Waals surface area (Å²) >= 11 is 3.49. The van der Waals surface area contributed by atoms with Crippen molar-refractivity contribution in [2.45, 2.75) is 71.5 Å². The lowest BCUT2D eigenvalue weighted by Gasteiger charge is -2.27. The molecule has 154 valence electrons.